The molecule has 1 unspecified atom stereocenters. The first kappa shape index (κ1) is 9.16. The van der Waals surface area contributed by atoms with Gasteiger partial charge in [0.2, 0.25) is 0 Å². The van der Waals surface area contributed by atoms with Crippen molar-refractivity contribution in [3.63, 3.8) is 0 Å². The number of rotatable bonds is 2. The largest absolute Gasteiger partial charge is 0.368 e. The Balaban J connectivity index is 2.23. The number of ether oxygens (including phenoxy) is 1. The van der Waals surface area contributed by atoms with E-state index in [1.165, 1.54) is 4.88 Å². The zero-order chi connectivity index (χ0) is 9.31. The molecule has 1 aliphatic rings. The van der Waals surface area contributed by atoms with Crippen LogP contribution in [0.3, 0.4) is 0 Å². The van der Waals surface area contributed by atoms with Gasteiger partial charge in [-0.25, -0.2) is 4.98 Å². The molecule has 0 amide bonds. The monoisotopic (exact) mass is 197 g/mol. The van der Waals surface area contributed by atoms with Crippen LogP contribution in [0.25, 0.3) is 0 Å². The van der Waals surface area contributed by atoms with E-state index in [1.54, 1.807) is 11.3 Å². The molecule has 2 heterocycles. The van der Waals surface area contributed by atoms with Gasteiger partial charge in [-0.05, 0) is 26.2 Å². The summed E-state index contributed by atoms with van der Waals surface area (Å²) in [5.74, 6) is 0. The number of hydrogen-bond donors (Lipinski definition) is 0. The number of thiazole rings is 1. The Morgan fingerprint density at radius 3 is 3.08 bits per heavy atom. The highest BCUT2D eigenvalue weighted by molar-refractivity contribution is 7.11. The Morgan fingerprint density at radius 1 is 1.69 bits per heavy atom. The van der Waals surface area contributed by atoms with Gasteiger partial charge in [0.25, 0.3) is 0 Å². The normalized spacial score (nSPS) is 28.2. The molecule has 13 heavy (non-hydrogen) atoms. The Labute approximate surface area is 83.0 Å². The molecule has 1 aliphatic heterocycles. The third kappa shape index (κ3) is 1.63. The van der Waals surface area contributed by atoms with Crippen molar-refractivity contribution in [3.05, 3.63) is 16.1 Å². The Morgan fingerprint density at radius 2 is 2.54 bits per heavy atom. The van der Waals surface area contributed by atoms with Gasteiger partial charge in [-0.3, -0.25) is 0 Å². The molecule has 0 N–H and O–H groups in total. The Bertz CT molecular complexity index is 289. The van der Waals surface area contributed by atoms with E-state index in [0.717, 1.165) is 30.9 Å². The Kier molecular flexibility index (Phi) is 2.39. The number of hydrogen-bond acceptors (Lipinski definition) is 3. The van der Waals surface area contributed by atoms with E-state index < -0.39 is 0 Å². The average Bonchev–Trinajstić information content (AvgIpc) is 2.72. The molecule has 0 bridgehead atoms. The van der Waals surface area contributed by atoms with Gasteiger partial charge >= 0.3 is 0 Å². The number of aromatic nitrogens is 1. The summed E-state index contributed by atoms with van der Waals surface area (Å²) in [6, 6.07) is 0. The summed E-state index contributed by atoms with van der Waals surface area (Å²) in [4.78, 5) is 5.79. The molecule has 1 saturated heterocycles. The fourth-order valence-corrected chi connectivity index (χ4v) is 2.64. The van der Waals surface area contributed by atoms with Crippen molar-refractivity contribution in [1.82, 2.24) is 4.98 Å². The molecule has 1 fully saturated rings. The molecule has 72 valence electrons. The highest BCUT2D eigenvalue weighted by Crippen LogP contribution is 2.37. The van der Waals surface area contributed by atoms with Crippen molar-refractivity contribution in [3.8, 4) is 0 Å². The molecule has 0 aliphatic carbocycles. The molecule has 0 radical (unpaired) electrons. The van der Waals surface area contributed by atoms with Gasteiger partial charge in [0.05, 0.1) is 0 Å². The first-order valence-electron chi connectivity index (χ1n) is 4.84. The van der Waals surface area contributed by atoms with Crippen LogP contribution >= 0.6 is 11.3 Å². The van der Waals surface area contributed by atoms with Crippen molar-refractivity contribution in [1.29, 1.82) is 0 Å². The van der Waals surface area contributed by atoms with Gasteiger partial charge in [-0.2, -0.15) is 0 Å². The van der Waals surface area contributed by atoms with Gasteiger partial charge in [0.15, 0.2) is 0 Å². The maximum absolute atomic E-state index is 5.73. The van der Waals surface area contributed by atoms with Crippen LogP contribution in [0.2, 0.25) is 0 Å². The number of aryl methyl sites for hydroxylation is 1. The summed E-state index contributed by atoms with van der Waals surface area (Å²) in [5, 5.41) is 1.15. The van der Waals surface area contributed by atoms with Crippen LogP contribution in [0, 0.1) is 0 Å². The predicted octanol–water partition coefficient (Wildman–Crippen LogP) is 2.73. The number of nitrogens with zero attached hydrogens (tertiary/aromatic N) is 1. The first-order chi connectivity index (χ1) is 6.24. The van der Waals surface area contributed by atoms with Crippen molar-refractivity contribution >= 4 is 11.3 Å². The van der Waals surface area contributed by atoms with Crippen LogP contribution in [-0.4, -0.2) is 11.6 Å². The summed E-state index contributed by atoms with van der Waals surface area (Å²) in [7, 11) is 0. The molecule has 0 spiro atoms. The summed E-state index contributed by atoms with van der Waals surface area (Å²) in [5.41, 5.74) is -0.0852. The van der Waals surface area contributed by atoms with Gasteiger partial charge < -0.3 is 4.74 Å². The van der Waals surface area contributed by atoms with E-state index in [-0.39, 0.29) is 5.60 Å². The third-order valence-corrected chi connectivity index (χ3v) is 3.96. The molecule has 0 aromatic carbocycles. The lowest BCUT2D eigenvalue weighted by Gasteiger charge is -2.19. The summed E-state index contributed by atoms with van der Waals surface area (Å²) < 4.78 is 5.73. The highest BCUT2D eigenvalue weighted by Gasteiger charge is 2.34. The zero-order valence-electron chi connectivity index (χ0n) is 8.17. The van der Waals surface area contributed by atoms with Crippen LogP contribution in [0.4, 0.5) is 0 Å². The second-order valence-electron chi connectivity index (χ2n) is 3.67. The fraction of sp³-hybridized carbons (Fsp3) is 0.700. The second kappa shape index (κ2) is 3.39. The van der Waals surface area contributed by atoms with E-state index >= 15 is 0 Å². The van der Waals surface area contributed by atoms with Crippen LogP contribution in [0.1, 0.15) is 36.6 Å². The average molecular weight is 197 g/mol. The maximum Gasteiger partial charge on any atom is 0.125 e. The van der Waals surface area contributed by atoms with E-state index in [9.17, 15) is 0 Å². The lowest BCUT2D eigenvalue weighted by atomic mass is 10.0. The summed E-state index contributed by atoms with van der Waals surface area (Å²) >= 11 is 1.79. The SMILES string of the molecule is CCc1cnc(C2(C)CCCO2)s1. The fourth-order valence-electron chi connectivity index (χ4n) is 1.66. The van der Waals surface area contributed by atoms with E-state index in [0.29, 0.717) is 0 Å². The lowest BCUT2D eigenvalue weighted by Crippen LogP contribution is -2.19. The van der Waals surface area contributed by atoms with Gasteiger partial charge in [0, 0.05) is 17.7 Å². The van der Waals surface area contributed by atoms with Crippen molar-refractivity contribution in [2.24, 2.45) is 0 Å². The van der Waals surface area contributed by atoms with Crippen molar-refractivity contribution in [2.75, 3.05) is 6.61 Å². The molecule has 2 rings (SSSR count). The smallest absolute Gasteiger partial charge is 0.125 e. The quantitative estimate of drug-likeness (QED) is 0.727. The topological polar surface area (TPSA) is 22.1 Å². The van der Waals surface area contributed by atoms with E-state index in [2.05, 4.69) is 18.8 Å². The van der Waals surface area contributed by atoms with Gasteiger partial charge in [-0.15, -0.1) is 11.3 Å². The molecule has 1 aromatic rings. The molecule has 1 aromatic heterocycles. The molecule has 2 nitrogen and oxygen atoms in total. The molecule has 1 atom stereocenters. The van der Waals surface area contributed by atoms with Gasteiger partial charge in [0.1, 0.15) is 10.6 Å². The van der Waals surface area contributed by atoms with Crippen molar-refractivity contribution in [2.45, 2.75) is 38.7 Å². The van der Waals surface area contributed by atoms with E-state index in [4.69, 9.17) is 4.74 Å². The zero-order valence-corrected chi connectivity index (χ0v) is 8.99. The molecular formula is C10H15NOS. The lowest BCUT2D eigenvalue weighted by molar-refractivity contribution is 0.0166. The minimum atomic E-state index is -0.0852. The van der Waals surface area contributed by atoms with E-state index in [1.807, 2.05) is 6.20 Å². The van der Waals surface area contributed by atoms with Crippen LogP contribution in [0.15, 0.2) is 6.20 Å². The van der Waals surface area contributed by atoms with Gasteiger partial charge in [-0.1, -0.05) is 6.92 Å². The third-order valence-electron chi connectivity index (χ3n) is 2.57. The van der Waals surface area contributed by atoms with Crippen LogP contribution < -0.4 is 0 Å². The molecule has 3 heteroatoms. The first-order valence-corrected chi connectivity index (χ1v) is 5.65. The Hall–Kier alpha value is -0.410. The summed E-state index contributed by atoms with van der Waals surface area (Å²) in [6.07, 6.45) is 5.34. The summed E-state index contributed by atoms with van der Waals surface area (Å²) in [6.45, 7) is 5.20. The second-order valence-corrected chi connectivity index (χ2v) is 4.78. The highest BCUT2D eigenvalue weighted by atomic mass is 32.1. The molecule has 0 saturated carbocycles. The van der Waals surface area contributed by atoms with Crippen molar-refractivity contribution < 1.29 is 4.74 Å². The maximum atomic E-state index is 5.73. The minimum absolute atomic E-state index is 0.0852. The predicted molar refractivity (Wildman–Crippen MR) is 54.0 cm³/mol. The standard InChI is InChI=1S/C10H15NOS/c1-3-8-7-11-9(13-8)10(2)5-4-6-12-10/h7H,3-6H2,1-2H3. The van der Waals surface area contributed by atoms with Crippen LogP contribution in [0.5, 0.6) is 0 Å². The van der Waals surface area contributed by atoms with Crippen LogP contribution in [-0.2, 0) is 16.8 Å². The molecular weight excluding hydrogens is 182 g/mol. The minimum Gasteiger partial charge on any atom is -0.368 e.